The molecule has 1 atom stereocenters. The monoisotopic (exact) mass is 290 g/mol. The molecule has 0 aliphatic carbocycles. The van der Waals surface area contributed by atoms with Gasteiger partial charge in [-0.2, -0.15) is 0 Å². The van der Waals surface area contributed by atoms with Crippen LogP contribution in [-0.2, 0) is 4.74 Å². The lowest BCUT2D eigenvalue weighted by Gasteiger charge is -2.34. The van der Waals surface area contributed by atoms with Crippen LogP contribution in [0.3, 0.4) is 0 Å². The molecule has 0 rings (SSSR count). The van der Waals surface area contributed by atoms with Gasteiger partial charge in [-0.3, -0.25) is 0 Å². The number of nitrogens with zero attached hydrogens (tertiary/aromatic N) is 1. The minimum Gasteiger partial charge on any atom is -0.465 e. The van der Waals surface area contributed by atoms with E-state index in [-0.39, 0.29) is 13.1 Å². The Labute approximate surface area is 119 Å². The maximum absolute atomic E-state index is 11.4. The van der Waals surface area contributed by atoms with Crippen LogP contribution in [0.2, 0.25) is 0 Å². The standard InChI is InChI=1S/C13H26N2O5/c1-12(2,3)15(11(18)19)8-9(16)7-14-10(17)20-13(4,5)6/h9,16H,7-8H2,1-6H3,(H,14,17)(H,18,19). The molecule has 7 heteroatoms. The molecule has 1 unspecified atom stereocenters. The first kappa shape index (κ1) is 18.5. The van der Waals surface area contributed by atoms with Crippen LogP contribution in [0.25, 0.3) is 0 Å². The van der Waals surface area contributed by atoms with Crippen LogP contribution in [0, 0.1) is 0 Å². The molecule has 3 N–H and O–H groups in total. The molecule has 0 spiro atoms. The summed E-state index contributed by atoms with van der Waals surface area (Å²) in [6.45, 7) is 10.2. The van der Waals surface area contributed by atoms with Crippen LogP contribution >= 0.6 is 0 Å². The molecule has 0 aromatic heterocycles. The Kier molecular flexibility index (Phi) is 6.28. The minimum absolute atomic E-state index is 0.0746. The number of hydrogen-bond acceptors (Lipinski definition) is 4. The largest absolute Gasteiger partial charge is 0.465 e. The highest BCUT2D eigenvalue weighted by Crippen LogP contribution is 2.13. The molecule has 0 aromatic rings. The minimum atomic E-state index is -1.12. The number of ether oxygens (including phenoxy) is 1. The van der Waals surface area contributed by atoms with E-state index in [1.165, 1.54) is 0 Å². The van der Waals surface area contributed by atoms with E-state index >= 15 is 0 Å². The van der Waals surface area contributed by atoms with E-state index in [2.05, 4.69) is 5.32 Å². The summed E-state index contributed by atoms with van der Waals surface area (Å²) < 4.78 is 5.02. The van der Waals surface area contributed by atoms with Gasteiger partial charge in [-0.25, -0.2) is 9.59 Å². The predicted molar refractivity (Wildman–Crippen MR) is 74.7 cm³/mol. The molecule has 0 radical (unpaired) electrons. The van der Waals surface area contributed by atoms with Crippen molar-refractivity contribution in [1.82, 2.24) is 10.2 Å². The molecular formula is C13H26N2O5. The van der Waals surface area contributed by atoms with Crippen molar-refractivity contribution in [3.63, 3.8) is 0 Å². The van der Waals surface area contributed by atoms with Gasteiger partial charge in [0, 0.05) is 12.1 Å². The van der Waals surface area contributed by atoms with Crippen LogP contribution in [0.1, 0.15) is 41.5 Å². The lowest BCUT2D eigenvalue weighted by Crippen LogP contribution is -2.50. The van der Waals surface area contributed by atoms with Crippen LogP contribution < -0.4 is 5.32 Å². The van der Waals surface area contributed by atoms with Gasteiger partial charge in [0.2, 0.25) is 0 Å². The number of β-amino-alcohol motifs (C(OH)–C–C–N with tert-alkyl or cyclic N) is 1. The molecule has 0 heterocycles. The zero-order valence-corrected chi connectivity index (χ0v) is 13.1. The van der Waals surface area contributed by atoms with E-state index in [1.54, 1.807) is 41.5 Å². The lowest BCUT2D eigenvalue weighted by atomic mass is 10.1. The third-order valence-corrected chi connectivity index (χ3v) is 2.31. The Bertz CT molecular complexity index is 344. The van der Waals surface area contributed by atoms with Gasteiger partial charge >= 0.3 is 12.2 Å². The lowest BCUT2D eigenvalue weighted by molar-refractivity contribution is 0.0408. The molecule has 0 aromatic carbocycles. The molecule has 0 aliphatic rings. The van der Waals surface area contributed by atoms with Gasteiger partial charge in [-0.1, -0.05) is 0 Å². The number of aliphatic hydroxyl groups excluding tert-OH is 1. The number of amides is 2. The van der Waals surface area contributed by atoms with E-state index < -0.39 is 29.4 Å². The van der Waals surface area contributed by atoms with E-state index in [0.29, 0.717) is 0 Å². The van der Waals surface area contributed by atoms with Gasteiger partial charge < -0.3 is 25.2 Å². The highest BCUT2D eigenvalue weighted by atomic mass is 16.6. The Morgan fingerprint density at radius 3 is 2.05 bits per heavy atom. The second-order valence-electron chi connectivity index (χ2n) is 6.60. The number of aliphatic hydroxyl groups is 1. The van der Waals surface area contributed by atoms with Crippen molar-refractivity contribution in [3.05, 3.63) is 0 Å². The Balaban J connectivity index is 4.32. The predicted octanol–water partition coefficient (Wildman–Crippen LogP) is 1.65. The van der Waals surface area contributed by atoms with Crippen LogP contribution in [-0.4, -0.2) is 57.6 Å². The number of carbonyl (C=O) groups is 2. The fraction of sp³-hybridized carbons (Fsp3) is 0.846. The molecule has 7 nitrogen and oxygen atoms in total. The average molecular weight is 290 g/mol. The molecule has 20 heavy (non-hydrogen) atoms. The van der Waals surface area contributed by atoms with Crippen molar-refractivity contribution < 1.29 is 24.5 Å². The van der Waals surface area contributed by atoms with Gasteiger partial charge in [0.05, 0.1) is 12.6 Å². The summed E-state index contributed by atoms with van der Waals surface area (Å²) in [6.07, 6.45) is -2.76. The summed E-state index contributed by atoms with van der Waals surface area (Å²) in [5, 5.41) is 21.3. The van der Waals surface area contributed by atoms with E-state index in [9.17, 15) is 14.7 Å². The molecule has 118 valence electrons. The normalized spacial score (nSPS) is 13.6. The molecule has 2 amide bonds. The first-order valence-corrected chi connectivity index (χ1v) is 6.48. The highest BCUT2D eigenvalue weighted by molar-refractivity contribution is 5.68. The van der Waals surface area contributed by atoms with Crippen molar-refractivity contribution in [3.8, 4) is 0 Å². The molecule has 0 saturated heterocycles. The number of carboxylic acid groups (broad SMARTS) is 1. The van der Waals surface area contributed by atoms with Gasteiger partial charge in [0.25, 0.3) is 0 Å². The number of nitrogens with one attached hydrogen (secondary N) is 1. The van der Waals surface area contributed by atoms with Crippen molar-refractivity contribution >= 4 is 12.2 Å². The SMILES string of the molecule is CC(C)(C)OC(=O)NCC(O)CN(C(=O)O)C(C)(C)C. The zero-order valence-electron chi connectivity index (χ0n) is 13.1. The van der Waals surface area contributed by atoms with Gasteiger partial charge in [-0.15, -0.1) is 0 Å². The average Bonchev–Trinajstić information content (AvgIpc) is 2.18. The number of hydrogen-bond donors (Lipinski definition) is 3. The van der Waals surface area contributed by atoms with E-state index in [4.69, 9.17) is 9.84 Å². The van der Waals surface area contributed by atoms with E-state index in [0.717, 1.165) is 4.90 Å². The first-order chi connectivity index (χ1) is 8.83. The summed E-state index contributed by atoms with van der Waals surface area (Å²) >= 11 is 0. The number of alkyl carbamates (subject to hydrolysis) is 1. The molecule has 0 aliphatic heterocycles. The Hall–Kier alpha value is -1.50. The van der Waals surface area contributed by atoms with Crippen molar-refractivity contribution in [2.45, 2.75) is 58.8 Å². The number of carbonyl (C=O) groups excluding carboxylic acids is 1. The first-order valence-electron chi connectivity index (χ1n) is 6.48. The summed E-state index contributed by atoms with van der Waals surface area (Å²) in [7, 11) is 0. The zero-order chi connectivity index (χ0) is 16.1. The Morgan fingerprint density at radius 1 is 1.20 bits per heavy atom. The maximum Gasteiger partial charge on any atom is 0.407 e. The fourth-order valence-corrected chi connectivity index (χ4v) is 1.43. The second kappa shape index (κ2) is 6.78. The maximum atomic E-state index is 11.4. The van der Waals surface area contributed by atoms with Crippen molar-refractivity contribution in [2.24, 2.45) is 0 Å². The topological polar surface area (TPSA) is 99.1 Å². The van der Waals surface area contributed by atoms with E-state index in [1.807, 2.05) is 0 Å². The smallest absolute Gasteiger partial charge is 0.407 e. The summed E-state index contributed by atoms with van der Waals surface area (Å²) in [5.41, 5.74) is -1.24. The quantitative estimate of drug-likeness (QED) is 0.731. The van der Waals surface area contributed by atoms with Crippen LogP contribution in [0.5, 0.6) is 0 Å². The highest BCUT2D eigenvalue weighted by Gasteiger charge is 2.28. The molecule has 0 bridgehead atoms. The second-order valence-corrected chi connectivity index (χ2v) is 6.60. The van der Waals surface area contributed by atoms with Gasteiger partial charge in [-0.05, 0) is 41.5 Å². The third kappa shape index (κ3) is 7.83. The molecule has 0 fully saturated rings. The third-order valence-electron chi connectivity index (χ3n) is 2.31. The van der Waals surface area contributed by atoms with Crippen molar-refractivity contribution in [2.75, 3.05) is 13.1 Å². The summed E-state index contributed by atoms with van der Waals surface area (Å²) in [4.78, 5) is 23.6. The van der Waals surface area contributed by atoms with Gasteiger partial charge in [0.15, 0.2) is 0 Å². The molecular weight excluding hydrogens is 264 g/mol. The summed E-state index contributed by atoms with van der Waals surface area (Å²) in [5.74, 6) is 0. The number of rotatable bonds is 4. The summed E-state index contributed by atoms with van der Waals surface area (Å²) in [6, 6.07) is 0. The van der Waals surface area contributed by atoms with Crippen molar-refractivity contribution in [1.29, 1.82) is 0 Å². The fourth-order valence-electron chi connectivity index (χ4n) is 1.43. The van der Waals surface area contributed by atoms with Crippen LogP contribution in [0.4, 0.5) is 9.59 Å². The Morgan fingerprint density at radius 2 is 1.70 bits per heavy atom. The van der Waals surface area contributed by atoms with Gasteiger partial charge in [0.1, 0.15) is 5.60 Å². The van der Waals surface area contributed by atoms with Crippen LogP contribution in [0.15, 0.2) is 0 Å². The molecule has 0 saturated carbocycles.